The standard InChI is InChI=1S/C15H29IO2/c1-2-3-4-5-6-7-8-9-10-11-12-13-15(17)18-14-16/h2-14H2,1H3. The Morgan fingerprint density at radius 3 is 1.72 bits per heavy atom. The lowest BCUT2D eigenvalue weighted by atomic mass is 10.1. The quantitative estimate of drug-likeness (QED) is 0.182. The van der Waals surface area contributed by atoms with Crippen LogP contribution in [-0.2, 0) is 9.53 Å². The SMILES string of the molecule is CCCCCCCCCCCCCC(=O)OCI. The predicted octanol–water partition coefficient (Wildman–Crippen LogP) is 5.62. The van der Waals surface area contributed by atoms with Crippen LogP contribution in [-0.4, -0.2) is 10.6 Å². The zero-order valence-electron chi connectivity index (χ0n) is 11.9. The molecule has 18 heavy (non-hydrogen) atoms. The van der Waals surface area contributed by atoms with Crippen molar-refractivity contribution in [2.75, 3.05) is 4.61 Å². The van der Waals surface area contributed by atoms with Crippen molar-refractivity contribution in [3.63, 3.8) is 0 Å². The van der Waals surface area contributed by atoms with Crippen molar-refractivity contribution in [2.45, 2.75) is 84.0 Å². The molecule has 0 saturated carbocycles. The van der Waals surface area contributed by atoms with Crippen molar-refractivity contribution in [3.8, 4) is 0 Å². The monoisotopic (exact) mass is 368 g/mol. The number of carbonyl (C=O) groups is 1. The highest BCUT2D eigenvalue weighted by molar-refractivity contribution is 14.1. The first kappa shape index (κ1) is 18.2. The first-order chi connectivity index (χ1) is 8.81. The lowest BCUT2D eigenvalue weighted by Crippen LogP contribution is -2.01. The average Bonchev–Trinajstić information content (AvgIpc) is 2.36. The van der Waals surface area contributed by atoms with E-state index < -0.39 is 0 Å². The van der Waals surface area contributed by atoms with Crippen molar-refractivity contribution in [1.82, 2.24) is 0 Å². The Labute approximate surface area is 126 Å². The van der Waals surface area contributed by atoms with Crippen LogP contribution in [0.3, 0.4) is 0 Å². The number of esters is 1. The molecule has 0 fully saturated rings. The molecule has 0 atom stereocenters. The molecule has 0 rings (SSSR count). The molecule has 0 saturated heterocycles. The van der Waals surface area contributed by atoms with Crippen LogP contribution in [0.25, 0.3) is 0 Å². The van der Waals surface area contributed by atoms with Crippen molar-refractivity contribution in [1.29, 1.82) is 0 Å². The van der Waals surface area contributed by atoms with E-state index in [4.69, 9.17) is 4.74 Å². The molecule has 0 heterocycles. The number of carbonyl (C=O) groups excluding carboxylic acids is 1. The fraction of sp³-hybridized carbons (Fsp3) is 0.933. The second-order valence-electron chi connectivity index (χ2n) is 4.91. The Kier molecular flexibility index (Phi) is 15.4. The Balaban J connectivity index is 3.01. The van der Waals surface area contributed by atoms with Crippen molar-refractivity contribution in [3.05, 3.63) is 0 Å². The maximum atomic E-state index is 11.1. The summed E-state index contributed by atoms with van der Waals surface area (Å²) in [6.07, 6.45) is 15.1. The van der Waals surface area contributed by atoms with E-state index in [1.165, 1.54) is 64.2 Å². The lowest BCUT2D eigenvalue weighted by molar-refractivity contribution is -0.141. The number of unbranched alkanes of at least 4 members (excludes halogenated alkanes) is 10. The van der Waals surface area contributed by atoms with Crippen LogP contribution in [0.2, 0.25) is 0 Å². The molecule has 0 aromatic rings. The van der Waals surface area contributed by atoms with E-state index in [9.17, 15) is 4.79 Å². The molecule has 2 nitrogen and oxygen atoms in total. The third kappa shape index (κ3) is 14.3. The highest BCUT2D eigenvalue weighted by Gasteiger charge is 2.00. The van der Waals surface area contributed by atoms with E-state index in [0.29, 0.717) is 11.0 Å². The number of rotatable bonds is 13. The van der Waals surface area contributed by atoms with Gasteiger partial charge in [-0.15, -0.1) is 0 Å². The summed E-state index contributed by atoms with van der Waals surface area (Å²) >= 11 is 2.05. The Morgan fingerprint density at radius 2 is 1.28 bits per heavy atom. The fourth-order valence-corrected chi connectivity index (χ4v) is 2.41. The molecule has 0 radical (unpaired) electrons. The van der Waals surface area contributed by atoms with E-state index in [1.54, 1.807) is 0 Å². The fourth-order valence-electron chi connectivity index (χ4n) is 2.07. The highest BCUT2D eigenvalue weighted by Crippen LogP contribution is 2.12. The molecular weight excluding hydrogens is 339 g/mol. The molecule has 0 unspecified atom stereocenters. The molecule has 0 amide bonds. The minimum atomic E-state index is -0.0414. The van der Waals surface area contributed by atoms with Crippen LogP contribution in [0, 0.1) is 0 Å². The molecule has 0 aliphatic carbocycles. The highest BCUT2D eigenvalue weighted by atomic mass is 127. The van der Waals surface area contributed by atoms with Gasteiger partial charge in [0.1, 0.15) is 4.61 Å². The van der Waals surface area contributed by atoms with Crippen LogP contribution in [0.5, 0.6) is 0 Å². The number of ether oxygens (including phenoxy) is 1. The second kappa shape index (κ2) is 15.3. The summed E-state index contributed by atoms with van der Waals surface area (Å²) in [6, 6.07) is 0. The van der Waals surface area contributed by atoms with Crippen LogP contribution in [0.1, 0.15) is 84.0 Å². The molecule has 108 valence electrons. The van der Waals surface area contributed by atoms with Crippen molar-refractivity contribution < 1.29 is 9.53 Å². The zero-order valence-corrected chi connectivity index (χ0v) is 14.0. The molecule has 0 N–H and O–H groups in total. The second-order valence-corrected chi connectivity index (χ2v) is 5.53. The van der Waals surface area contributed by atoms with E-state index in [2.05, 4.69) is 29.5 Å². The number of halogens is 1. The summed E-state index contributed by atoms with van der Waals surface area (Å²) in [5.41, 5.74) is 0. The van der Waals surface area contributed by atoms with Gasteiger partial charge in [-0.05, 0) is 29.0 Å². The zero-order chi connectivity index (χ0) is 13.5. The topological polar surface area (TPSA) is 26.3 Å². The smallest absolute Gasteiger partial charge is 0.306 e. The minimum Gasteiger partial charge on any atom is -0.455 e. The molecule has 0 aromatic carbocycles. The molecule has 0 spiro atoms. The van der Waals surface area contributed by atoms with Gasteiger partial charge in [0.15, 0.2) is 0 Å². The molecule has 0 aromatic heterocycles. The first-order valence-electron chi connectivity index (χ1n) is 7.52. The van der Waals surface area contributed by atoms with Crippen LogP contribution in [0.4, 0.5) is 0 Å². The Hall–Kier alpha value is 0.200. The number of alkyl halides is 1. The maximum absolute atomic E-state index is 11.1. The van der Waals surface area contributed by atoms with E-state index in [0.717, 1.165) is 6.42 Å². The molecule has 0 bridgehead atoms. The van der Waals surface area contributed by atoms with Gasteiger partial charge in [-0.25, -0.2) is 0 Å². The Morgan fingerprint density at radius 1 is 0.833 bits per heavy atom. The van der Waals surface area contributed by atoms with E-state index >= 15 is 0 Å². The van der Waals surface area contributed by atoms with Crippen LogP contribution in [0.15, 0.2) is 0 Å². The summed E-state index contributed by atoms with van der Waals surface area (Å²) in [5, 5.41) is 0. The summed E-state index contributed by atoms with van der Waals surface area (Å²) in [5.74, 6) is -0.0414. The lowest BCUT2D eigenvalue weighted by Gasteiger charge is -2.02. The van der Waals surface area contributed by atoms with Gasteiger partial charge in [0.05, 0.1) is 0 Å². The summed E-state index contributed by atoms with van der Waals surface area (Å²) in [4.78, 5) is 11.1. The van der Waals surface area contributed by atoms with Crippen molar-refractivity contribution >= 4 is 28.6 Å². The van der Waals surface area contributed by atoms with Gasteiger partial charge in [0.25, 0.3) is 0 Å². The third-order valence-corrected chi connectivity index (χ3v) is 3.51. The van der Waals surface area contributed by atoms with Crippen molar-refractivity contribution in [2.24, 2.45) is 0 Å². The minimum absolute atomic E-state index is 0.0414. The molecule has 0 aliphatic heterocycles. The number of hydrogen-bond acceptors (Lipinski definition) is 2. The molecular formula is C15H29IO2. The van der Waals surface area contributed by atoms with Crippen LogP contribution < -0.4 is 0 Å². The molecule has 3 heteroatoms. The van der Waals surface area contributed by atoms with Gasteiger partial charge in [-0.2, -0.15) is 0 Å². The van der Waals surface area contributed by atoms with E-state index in [1.807, 2.05) is 0 Å². The summed E-state index contributed by atoms with van der Waals surface area (Å²) < 4.78 is 5.36. The Bertz CT molecular complexity index is 183. The molecule has 0 aliphatic rings. The van der Waals surface area contributed by atoms with Gasteiger partial charge in [-0.3, -0.25) is 4.79 Å². The van der Waals surface area contributed by atoms with Gasteiger partial charge < -0.3 is 4.74 Å². The van der Waals surface area contributed by atoms with E-state index in [-0.39, 0.29) is 5.97 Å². The summed E-state index contributed by atoms with van der Waals surface area (Å²) in [6.45, 7) is 2.26. The van der Waals surface area contributed by atoms with Gasteiger partial charge in [-0.1, -0.05) is 71.1 Å². The number of hydrogen-bond donors (Lipinski definition) is 0. The third-order valence-electron chi connectivity index (χ3n) is 3.20. The summed E-state index contributed by atoms with van der Waals surface area (Å²) in [7, 11) is 0. The predicted molar refractivity (Wildman–Crippen MR) is 86.1 cm³/mol. The largest absolute Gasteiger partial charge is 0.455 e. The van der Waals surface area contributed by atoms with Crippen LogP contribution >= 0.6 is 22.6 Å². The maximum Gasteiger partial charge on any atom is 0.306 e. The van der Waals surface area contributed by atoms with Gasteiger partial charge in [0, 0.05) is 6.42 Å². The van der Waals surface area contributed by atoms with Gasteiger partial charge in [0.2, 0.25) is 0 Å². The normalized spacial score (nSPS) is 10.6. The van der Waals surface area contributed by atoms with Gasteiger partial charge >= 0.3 is 5.97 Å². The average molecular weight is 368 g/mol. The first-order valence-corrected chi connectivity index (χ1v) is 9.05.